The number of halogens is 2. The number of nitrogens with one attached hydrogen (secondary N) is 1. The van der Waals surface area contributed by atoms with Gasteiger partial charge in [-0.15, -0.1) is 0 Å². The molecule has 0 aliphatic carbocycles. The third kappa shape index (κ3) is 6.51. The van der Waals surface area contributed by atoms with Gasteiger partial charge in [0, 0.05) is 5.69 Å². The molecule has 5 heteroatoms. The van der Waals surface area contributed by atoms with Crippen LogP contribution in [-0.4, -0.2) is 11.1 Å². The van der Waals surface area contributed by atoms with E-state index in [1.807, 2.05) is 6.07 Å². The molecule has 0 fully saturated rings. The van der Waals surface area contributed by atoms with Gasteiger partial charge < -0.3 is 10.4 Å². The molecule has 0 atom stereocenters. The lowest BCUT2D eigenvalue weighted by Gasteiger charge is -2.13. The second-order valence-electron chi connectivity index (χ2n) is 4.95. The van der Waals surface area contributed by atoms with Gasteiger partial charge in [0.05, 0.1) is 22.2 Å². The highest BCUT2D eigenvalue weighted by Gasteiger charge is 2.10. The van der Waals surface area contributed by atoms with Crippen molar-refractivity contribution in [2.75, 3.05) is 5.32 Å². The average molecular weight is 354 g/mol. The Hall–Kier alpha value is -1.71. The number of carboxylic acids is 1. The molecule has 0 aliphatic heterocycles. The van der Waals surface area contributed by atoms with Crippen LogP contribution in [0.4, 0.5) is 11.4 Å². The van der Waals surface area contributed by atoms with Crippen molar-refractivity contribution in [3.63, 3.8) is 0 Å². The Balaban J connectivity index is 0.000000593. The molecule has 0 aromatic heterocycles. The Labute approximate surface area is 147 Å². The van der Waals surface area contributed by atoms with Crippen LogP contribution < -0.4 is 5.32 Å². The standard InChI is InChI=1S/C14H11Cl2NO2.C4H10/c15-10-5-3-6-11(16)14(10)17-12-7-2-1-4-9(12)8-13(18)19;1-3-4-2/h1-7,17H,8H2,(H,18,19);3-4H2,1-2H3. The molecule has 0 radical (unpaired) electrons. The second-order valence-corrected chi connectivity index (χ2v) is 5.76. The lowest BCUT2D eigenvalue weighted by Crippen LogP contribution is -2.04. The summed E-state index contributed by atoms with van der Waals surface area (Å²) in [5, 5.41) is 12.9. The summed E-state index contributed by atoms with van der Waals surface area (Å²) in [4.78, 5) is 10.8. The van der Waals surface area contributed by atoms with Gasteiger partial charge in [0.15, 0.2) is 0 Å². The van der Waals surface area contributed by atoms with E-state index in [1.54, 1.807) is 36.4 Å². The van der Waals surface area contributed by atoms with E-state index in [0.29, 0.717) is 27.0 Å². The van der Waals surface area contributed by atoms with Crippen molar-refractivity contribution in [2.24, 2.45) is 0 Å². The zero-order chi connectivity index (χ0) is 17.2. The zero-order valence-corrected chi connectivity index (χ0v) is 14.8. The van der Waals surface area contributed by atoms with Crippen LogP contribution in [0.1, 0.15) is 32.3 Å². The number of hydrogen-bond donors (Lipinski definition) is 2. The minimum absolute atomic E-state index is 0.0642. The van der Waals surface area contributed by atoms with Crippen LogP contribution in [0.25, 0.3) is 0 Å². The SMILES string of the molecule is CCCC.O=C(O)Cc1ccccc1Nc1c(Cl)cccc1Cl. The van der Waals surface area contributed by atoms with Gasteiger partial charge in [0.25, 0.3) is 0 Å². The first kappa shape index (κ1) is 19.3. The van der Waals surface area contributed by atoms with Crippen LogP contribution in [0.3, 0.4) is 0 Å². The number of carboxylic acid groups (broad SMARTS) is 1. The third-order valence-corrected chi connectivity index (χ3v) is 3.71. The Kier molecular flexibility index (Phi) is 8.52. The molecule has 0 saturated heterocycles. The molecule has 0 unspecified atom stereocenters. The molecule has 23 heavy (non-hydrogen) atoms. The van der Waals surface area contributed by atoms with Crippen LogP contribution in [0, 0.1) is 0 Å². The summed E-state index contributed by atoms with van der Waals surface area (Å²) < 4.78 is 0. The fraction of sp³-hybridized carbons (Fsp3) is 0.278. The van der Waals surface area contributed by atoms with Gasteiger partial charge in [-0.2, -0.15) is 0 Å². The molecule has 0 bridgehead atoms. The van der Waals surface area contributed by atoms with Gasteiger partial charge in [-0.1, -0.05) is 74.2 Å². The Morgan fingerprint density at radius 1 is 1.00 bits per heavy atom. The topological polar surface area (TPSA) is 49.3 Å². The van der Waals surface area contributed by atoms with Gasteiger partial charge in [0.1, 0.15) is 0 Å². The molecule has 0 spiro atoms. The summed E-state index contributed by atoms with van der Waals surface area (Å²) >= 11 is 12.1. The van der Waals surface area contributed by atoms with Crippen LogP contribution in [0.15, 0.2) is 42.5 Å². The van der Waals surface area contributed by atoms with Gasteiger partial charge in [-0.05, 0) is 23.8 Å². The summed E-state index contributed by atoms with van der Waals surface area (Å²) in [6.07, 6.45) is 2.57. The maximum atomic E-state index is 10.8. The lowest BCUT2D eigenvalue weighted by molar-refractivity contribution is -0.136. The Morgan fingerprint density at radius 3 is 2.09 bits per heavy atom. The van der Waals surface area contributed by atoms with E-state index in [0.717, 1.165) is 0 Å². The molecular weight excluding hydrogens is 333 g/mol. The van der Waals surface area contributed by atoms with Gasteiger partial charge in [0.2, 0.25) is 0 Å². The Morgan fingerprint density at radius 2 is 1.57 bits per heavy atom. The predicted molar refractivity (Wildman–Crippen MR) is 98.1 cm³/mol. The number of hydrogen-bond acceptors (Lipinski definition) is 2. The average Bonchev–Trinajstić information content (AvgIpc) is 2.52. The highest BCUT2D eigenvalue weighted by molar-refractivity contribution is 6.39. The van der Waals surface area contributed by atoms with Gasteiger partial charge in [-0.25, -0.2) is 0 Å². The molecule has 2 N–H and O–H groups in total. The van der Waals surface area contributed by atoms with Crippen molar-refractivity contribution >= 4 is 40.5 Å². The highest BCUT2D eigenvalue weighted by atomic mass is 35.5. The van der Waals surface area contributed by atoms with E-state index in [9.17, 15) is 4.79 Å². The van der Waals surface area contributed by atoms with E-state index in [-0.39, 0.29) is 6.42 Å². The molecule has 124 valence electrons. The van der Waals surface area contributed by atoms with E-state index in [1.165, 1.54) is 12.8 Å². The summed E-state index contributed by atoms with van der Waals surface area (Å²) in [6, 6.07) is 12.3. The number of carbonyl (C=O) groups is 1. The first-order valence-corrected chi connectivity index (χ1v) is 8.25. The quantitative estimate of drug-likeness (QED) is 0.675. The molecule has 2 aromatic carbocycles. The number of unbranched alkanes of at least 4 members (excludes halogenated alkanes) is 1. The summed E-state index contributed by atoms with van der Waals surface area (Å²) in [5.41, 5.74) is 1.93. The van der Waals surface area contributed by atoms with Crippen molar-refractivity contribution in [1.82, 2.24) is 0 Å². The smallest absolute Gasteiger partial charge is 0.307 e. The second kappa shape index (κ2) is 10.1. The van der Waals surface area contributed by atoms with Crippen LogP contribution >= 0.6 is 23.2 Å². The molecule has 3 nitrogen and oxygen atoms in total. The Bertz CT molecular complexity index is 622. The number of benzene rings is 2. The van der Waals surface area contributed by atoms with Crippen molar-refractivity contribution in [1.29, 1.82) is 0 Å². The fourth-order valence-electron chi connectivity index (χ4n) is 1.71. The predicted octanol–water partition coefficient (Wildman–Crippen LogP) is 6.17. The zero-order valence-electron chi connectivity index (χ0n) is 13.3. The first-order chi connectivity index (χ1) is 11.0. The number of para-hydroxylation sites is 2. The first-order valence-electron chi connectivity index (χ1n) is 7.50. The minimum Gasteiger partial charge on any atom is -0.481 e. The maximum absolute atomic E-state index is 10.8. The molecule has 0 heterocycles. The summed E-state index contributed by atoms with van der Waals surface area (Å²) in [7, 11) is 0. The minimum atomic E-state index is -0.889. The van der Waals surface area contributed by atoms with E-state index >= 15 is 0 Å². The van der Waals surface area contributed by atoms with E-state index in [4.69, 9.17) is 28.3 Å². The molecule has 2 rings (SSSR count). The van der Waals surface area contributed by atoms with E-state index in [2.05, 4.69) is 19.2 Å². The van der Waals surface area contributed by atoms with Crippen LogP contribution in [0.2, 0.25) is 10.0 Å². The van der Waals surface area contributed by atoms with Crippen molar-refractivity contribution in [2.45, 2.75) is 33.1 Å². The fourth-order valence-corrected chi connectivity index (χ4v) is 2.20. The third-order valence-electron chi connectivity index (χ3n) is 3.08. The van der Waals surface area contributed by atoms with Crippen molar-refractivity contribution < 1.29 is 9.90 Å². The van der Waals surface area contributed by atoms with Crippen LogP contribution in [0.5, 0.6) is 0 Å². The molecule has 0 saturated carbocycles. The number of anilines is 2. The number of rotatable bonds is 5. The molecule has 2 aromatic rings. The van der Waals surface area contributed by atoms with Gasteiger partial charge >= 0.3 is 5.97 Å². The number of aliphatic carboxylic acids is 1. The van der Waals surface area contributed by atoms with Crippen molar-refractivity contribution in [3.8, 4) is 0 Å². The maximum Gasteiger partial charge on any atom is 0.307 e. The largest absolute Gasteiger partial charge is 0.481 e. The summed E-state index contributed by atoms with van der Waals surface area (Å²) in [5.74, 6) is -0.889. The van der Waals surface area contributed by atoms with Gasteiger partial charge in [-0.3, -0.25) is 4.79 Å². The normalized spacial score (nSPS) is 9.74. The summed E-state index contributed by atoms with van der Waals surface area (Å²) in [6.45, 7) is 4.36. The molecule has 0 amide bonds. The van der Waals surface area contributed by atoms with Crippen molar-refractivity contribution in [3.05, 3.63) is 58.1 Å². The molecular formula is C18H21Cl2NO2. The lowest BCUT2D eigenvalue weighted by atomic mass is 10.1. The highest BCUT2D eigenvalue weighted by Crippen LogP contribution is 2.33. The van der Waals surface area contributed by atoms with E-state index < -0.39 is 5.97 Å². The van der Waals surface area contributed by atoms with Crippen LogP contribution in [-0.2, 0) is 11.2 Å². The molecule has 0 aliphatic rings. The monoisotopic (exact) mass is 353 g/mol.